The summed E-state index contributed by atoms with van der Waals surface area (Å²) in [6.45, 7) is 9.15. The Hall–Kier alpha value is -2.45. The van der Waals surface area contributed by atoms with Crippen molar-refractivity contribution in [1.82, 2.24) is 24.0 Å². The second-order valence-corrected chi connectivity index (χ2v) is 8.32. The first-order valence-corrected chi connectivity index (χ1v) is 10.6. The Labute approximate surface area is 168 Å². The summed E-state index contributed by atoms with van der Waals surface area (Å²) in [5.74, 6) is 1.23. The van der Waals surface area contributed by atoms with Gasteiger partial charge in [-0.3, -0.25) is 14.4 Å². The average Bonchev–Trinajstić information content (AvgIpc) is 3.31. The highest BCUT2D eigenvalue weighted by atomic mass is 32.1. The minimum Gasteiger partial charge on any atom is -0.353 e. The number of rotatable bonds is 4. The van der Waals surface area contributed by atoms with Crippen LogP contribution in [0.2, 0.25) is 0 Å². The van der Waals surface area contributed by atoms with Crippen LogP contribution in [0, 0.1) is 6.92 Å². The quantitative estimate of drug-likeness (QED) is 0.676. The largest absolute Gasteiger partial charge is 0.353 e. The molecule has 7 nitrogen and oxygen atoms in total. The molecule has 1 aromatic carbocycles. The highest BCUT2D eigenvalue weighted by Crippen LogP contribution is 2.29. The summed E-state index contributed by atoms with van der Waals surface area (Å²) in [7, 11) is 0. The number of piperazine rings is 1. The number of hydrogen-bond acceptors (Lipinski definition) is 6. The molecule has 2 aromatic heterocycles. The minimum atomic E-state index is 0.111. The van der Waals surface area contributed by atoms with Gasteiger partial charge in [0.2, 0.25) is 0 Å². The van der Waals surface area contributed by atoms with Crippen molar-refractivity contribution in [3.63, 3.8) is 0 Å². The van der Waals surface area contributed by atoms with Crippen molar-refractivity contribution in [2.45, 2.75) is 13.5 Å². The van der Waals surface area contributed by atoms with E-state index >= 15 is 0 Å². The van der Waals surface area contributed by atoms with E-state index < -0.39 is 0 Å². The summed E-state index contributed by atoms with van der Waals surface area (Å²) in [6.07, 6.45) is 0. The third kappa shape index (κ3) is 3.16. The Morgan fingerprint density at radius 3 is 2.71 bits per heavy atom. The molecule has 1 fully saturated rings. The number of fused-ring (bicyclic) bond motifs is 2. The lowest BCUT2D eigenvalue weighted by atomic mass is 10.2. The molecule has 2 aliphatic rings. The molecule has 0 N–H and O–H groups in total. The van der Waals surface area contributed by atoms with E-state index in [0.29, 0.717) is 0 Å². The molecular weight excluding hydrogens is 372 g/mol. The van der Waals surface area contributed by atoms with Crippen LogP contribution in [0.1, 0.15) is 16.2 Å². The van der Waals surface area contributed by atoms with Gasteiger partial charge in [-0.1, -0.05) is 12.1 Å². The standard InChI is InChI=1S/C20H24N6OS/c1-15-14-17-20(27)25(12-13-26(17)21-15)11-8-23-6-9-24(10-7-23)19-16-4-2-3-5-18(16)28-22-19/h2-5,14H,6-13H2,1H3. The van der Waals surface area contributed by atoms with Gasteiger partial charge in [0.1, 0.15) is 11.5 Å². The molecule has 0 atom stereocenters. The van der Waals surface area contributed by atoms with Crippen LogP contribution >= 0.6 is 11.5 Å². The van der Waals surface area contributed by atoms with Gasteiger partial charge in [0, 0.05) is 51.2 Å². The summed E-state index contributed by atoms with van der Waals surface area (Å²) in [6, 6.07) is 10.3. The summed E-state index contributed by atoms with van der Waals surface area (Å²) < 4.78 is 7.77. The van der Waals surface area contributed by atoms with Crippen LogP contribution in [-0.2, 0) is 6.54 Å². The van der Waals surface area contributed by atoms with Crippen LogP contribution in [0.15, 0.2) is 30.3 Å². The van der Waals surface area contributed by atoms with Crippen LogP contribution in [-0.4, -0.2) is 75.7 Å². The van der Waals surface area contributed by atoms with E-state index in [1.165, 1.54) is 10.1 Å². The van der Waals surface area contributed by atoms with E-state index in [2.05, 4.69) is 43.5 Å². The number of aromatic nitrogens is 3. The lowest BCUT2D eigenvalue weighted by molar-refractivity contribution is 0.0673. The van der Waals surface area contributed by atoms with Gasteiger partial charge in [-0.05, 0) is 36.7 Å². The lowest BCUT2D eigenvalue weighted by Crippen LogP contribution is -2.50. The predicted molar refractivity (Wildman–Crippen MR) is 111 cm³/mol. The van der Waals surface area contributed by atoms with Gasteiger partial charge in [-0.15, -0.1) is 0 Å². The van der Waals surface area contributed by atoms with Gasteiger partial charge in [-0.25, -0.2) is 0 Å². The van der Waals surface area contributed by atoms with Crippen LogP contribution in [0.3, 0.4) is 0 Å². The number of aryl methyl sites for hydroxylation is 1. The Morgan fingerprint density at radius 1 is 1.04 bits per heavy atom. The number of nitrogens with zero attached hydrogens (tertiary/aromatic N) is 6. The molecule has 0 saturated carbocycles. The molecule has 0 bridgehead atoms. The fraction of sp³-hybridized carbons (Fsp3) is 0.450. The molecule has 2 aliphatic heterocycles. The summed E-state index contributed by atoms with van der Waals surface area (Å²) in [5.41, 5.74) is 1.64. The lowest BCUT2D eigenvalue weighted by Gasteiger charge is -2.36. The van der Waals surface area contributed by atoms with Crippen LogP contribution in [0.5, 0.6) is 0 Å². The normalized spacial score (nSPS) is 18.1. The van der Waals surface area contributed by atoms with Gasteiger partial charge < -0.3 is 9.80 Å². The fourth-order valence-electron chi connectivity index (χ4n) is 4.13. The first-order chi connectivity index (χ1) is 13.7. The van der Waals surface area contributed by atoms with Crippen molar-refractivity contribution in [3.8, 4) is 0 Å². The third-order valence-corrected chi connectivity index (χ3v) is 6.52. The number of hydrogen-bond donors (Lipinski definition) is 0. The topological polar surface area (TPSA) is 57.5 Å². The van der Waals surface area contributed by atoms with Gasteiger partial charge in [0.05, 0.1) is 16.9 Å². The monoisotopic (exact) mass is 396 g/mol. The van der Waals surface area contributed by atoms with E-state index in [1.54, 1.807) is 11.5 Å². The molecule has 1 amide bonds. The van der Waals surface area contributed by atoms with E-state index in [-0.39, 0.29) is 5.91 Å². The number of amides is 1. The zero-order valence-corrected chi connectivity index (χ0v) is 16.9. The smallest absolute Gasteiger partial charge is 0.272 e. The molecule has 3 aromatic rings. The molecule has 28 heavy (non-hydrogen) atoms. The number of carbonyl (C=O) groups excluding carboxylic acids is 1. The first-order valence-electron chi connectivity index (χ1n) is 9.84. The van der Waals surface area contributed by atoms with E-state index in [4.69, 9.17) is 0 Å². The van der Waals surface area contributed by atoms with Gasteiger partial charge >= 0.3 is 0 Å². The van der Waals surface area contributed by atoms with Crippen molar-refractivity contribution in [3.05, 3.63) is 41.7 Å². The zero-order chi connectivity index (χ0) is 19.1. The third-order valence-electron chi connectivity index (χ3n) is 5.71. The first kappa shape index (κ1) is 17.6. The molecule has 0 unspecified atom stereocenters. The second-order valence-electron chi connectivity index (χ2n) is 7.52. The highest BCUT2D eigenvalue weighted by molar-refractivity contribution is 7.13. The molecule has 1 saturated heterocycles. The van der Waals surface area contributed by atoms with Crippen molar-refractivity contribution in [2.75, 3.05) is 50.7 Å². The molecule has 4 heterocycles. The van der Waals surface area contributed by atoms with Crippen LogP contribution < -0.4 is 4.90 Å². The maximum absolute atomic E-state index is 12.7. The van der Waals surface area contributed by atoms with Gasteiger partial charge in [-0.2, -0.15) is 9.47 Å². The molecule has 8 heteroatoms. The second kappa shape index (κ2) is 7.18. The number of anilines is 1. The molecule has 146 valence electrons. The summed E-state index contributed by atoms with van der Waals surface area (Å²) in [4.78, 5) is 19.5. The predicted octanol–water partition coefficient (Wildman–Crippen LogP) is 2.08. The Kier molecular flexibility index (Phi) is 4.52. The van der Waals surface area contributed by atoms with Crippen LogP contribution in [0.4, 0.5) is 5.82 Å². The van der Waals surface area contributed by atoms with E-state index in [0.717, 1.165) is 69.6 Å². The molecule has 0 aliphatic carbocycles. The van der Waals surface area contributed by atoms with Gasteiger partial charge in [0.25, 0.3) is 5.91 Å². The van der Waals surface area contributed by atoms with Gasteiger partial charge in [0.15, 0.2) is 0 Å². The maximum Gasteiger partial charge on any atom is 0.272 e. The van der Waals surface area contributed by atoms with Crippen molar-refractivity contribution in [1.29, 1.82) is 0 Å². The molecule has 0 spiro atoms. The molecular formula is C20H24N6OS. The van der Waals surface area contributed by atoms with Crippen molar-refractivity contribution < 1.29 is 4.79 Å². The Morgan fingerprint density at radius 2 is 1.86 bits per heavy atom. The number of benzene rings is 1. The fourth-order valence-corrected chi connectivity index (χ4v) is 4.92. The maximum atomic E-state index is 12.7. The van der Waals surface area contributed by atoms with Crippen molar-refractivity contribution in [2.24, 2.45) is 0 Å². The van der Waals surface area contributed by atoms with E-state index in [1.807, 2.05) is 22.6 Å². The van der Waals surface area contributed by atoms with Crippen LogP contribution in [0.25, 0.3) is 10.1 Å². The summed E-state index contributed by atoms with van der Waals surface area (Å²) >= 11 is 1.58. The summed E-state index contributed by atoms with van der Waals surface area (Å²) in [5, 5.41) is 5.64. The molecule has 0 radical (unpaired) electrons. The molecule has 5 rings (SSSR count). The van der Waals surface area contributed by atoms with Crippen molar-refractivity contribution >= 4 is 33.3 Å². The Balaban J connectivity index is 1.17. The van der Waals surface area contributed by atoms with E-state index in [9.17, 15) is 4.79 Å². The average molecular weight is 397 g/mol. The zero-order valence-electron chi connectivity index (χ0n) is 16.0. The number of carbonyl (C=O) groups is 1. The Bertz CT molecular complexity index is 1000. The minimum absolute atomic E-state index is 0.111. The SMILES string of the molecule is Cc1cc2n(n1)CCN(CCN1CCN(c3nsc4ccccc34)CC1)C2=O. The highest BCUT2D eigenvalue weighted by Gasteiger charge is 2.27.